The normalized spacial score (nSPS) is 23.6. The van der Waals surface area contributed by atoms with E-state index in [4.69, 9.17) is 15.2 Å². The van der Waals surface area contributed by atoms with E-state index in [-0.39, 0.29) is 0 Å². The van der Waals surface area contributed by atoms with E-state index in [0.717, 1.165) is 0 Å². The molecule has 1 unspecified atom stereocenters. The van der Waals surface area contributed by atoms with Crippen molar-refractivity contribution >= 4 is 11.5 Å². The van der Waals surface area contributed by atoms with Gasteiger partial charge in [-0.05, 0) is 6.07 Å². The lowest BCUT2D eigenvalue weighted by Gasteiger charge is -2.21. The minimum atomic E-state index is -0.836. The maximum Gasteiger partial charge on any atom is 0.215 e. The number of hydrogen-bond donors (Lipinski definition) is 3. The van der Waals surface area contributed by atoms with Crippen molar-refractivity contribution in [1.29, 1.82) is 0 Å². The van der Waals surface area contributed by atoms with E-state index in [9.17, 15) is 5.11 Å². The molecule has 1 aromatic heterocycles. The Kier molecular flexibility index (Phi) is 3.35. The van der Waals surface area contributed by atoms with Crippen LogP contribution in [0.4, 0.5) is 11.5 Å². The summed E-state index contributed by atoms with van der Waals surface area (Å²) in [5.41, 5.74) is 5.46. The van der Waals surface area contributed by atoms with E-state index in [2.05, 4.69) is 10.3 Å². The number of nitrogens with zero attached hydrogens (tertiary/aromatic N) is 1. The van der Waals surface area contributed by atoms with Crippen LogP contribution in [0.5, 0.6) is 5.88 Å². The number of rotatable bonds is 4. The molecule has 17 heavy (non-hydrogen) atoms. The Morgan fingerprint density at radius 3 is 3.12 bits per heavy atom. The van der Waals surface area contributed by atoms with Gasteiger partial charge in [0.05, 0.1) is 19.4 Å². The zero-order valence-electron chi connectivity index (χ0n) is 9.77. The van der Waals surface area contributed by atoms with Crippen LogP contribution in [0.1, 0.15) is 6.42 Å². The van der Waals surface area contributed by atoms with Crippen LogP contribution in [0, 0.1) is 0 Å². The third-order valence-electron chi connectivity index (χ3n) is 2.78. The quantitative estimate of drug-likeness (QED) is 0.697. The number of nitrogens with one attached hydrogen (secondary N) is 1. The van der Waals surface area contributed by atoms with Crippen LogP contribution in [-0.4, -0.2) is 42.6 Å². The topological polar surface area (TPSA) is 89.6 Å². The highest BCUT2D eigenvalue weighted by Crippen LogP contribution is 2.23. The van der Waals surface area contributed by atoms with Gasteiger partial charge in [-0.2, -0.15) is 4.98 Å². The summed E-state index contributed by atoms with van der Waals surface area (Å²) in [5.74, 6) is 1.00. The van der Waals surface area contributed by atoms with Gasteiger partial charge in [0, 0.05) is 25.6 Å². The Morgan fingerprint density at radius 1 is 1.65 bits per heavy atom. The van der Waals surface area contributed by atoms with Gasteiger partial charge < -0.3 is 25.6 Å². The fourth-order valence-corrected chi connectivity index (χ4v) is 1.69. The fraction of sp³-hybridized carbons (Fsp3) is 0.545. The molecule has 0 amide bonds. The standard InChI is InChI=1S/C11H17N3O3/c1-16-9-3-2-8(12)10(14-9)13-6-11(15)4-5-17-7-11/h2-3,15H,4-7,12H2,1H3,(H,13,14). The third-order valence-corrected chi connectivity index (χ3v) is 2.78. The number of ether oxygens (including phenoxy) is 2. The van der Waals surface area contributed by atoms with E-state index in [1.165, 1.54) is 0 Å². The summed E-state index contributed by atoms with van der Waals surface area (Å²) in [4.78, 5) is 4.17. The maximum atomic E-state index is 10.1. The maximum absolute atomic E-state index is 10.1. The molecule has 1 fully saturated rings. The highest BCUT2D eigenvalue weighted by molar-refractivity contribution is 5.62. The number of nitrogens with two attached hydrogens (primary N) is 1. The van der Waals surface area contributed by atoms with Gasteiger partial charge in [-0.1, -0.05) is 0 Å². The molecule has 0 aliphatic carbocycles. The number of hydrogen-bond acceptors (Lipinski definition) is 6. The second-order valence-electron chi connectivity index (χ2n) is 4.17. The van der Waals surface area contributed by atoms with Gasteiger partial charge in [0.1, 0.15) is 5.60 Å². The van der Waals surface area contributed by atoms with Crippen LogP contribution in [-0.2, 0) is 4.74 Å². The highest BCUT2D eigenvalue weighted by atomic mass is 16.5. The Balaban J connectivity index is 2.02. The number of aromatic nitrogens is 1. The average molecular weight is 239 g/mol. The first-order valence-corrected chi connectivity index (χ1v) is 5.47. The van der Waals surface area contributed by atoms with Crippen LogP contribution in [0.25, 0.3) is 0 Å². The minimum absolute atomic E-state index is 0.337. The summed E-state index contributed by atoms with van der Waals surface area (Å²) in [5, 5.41) is 13.1. The lowest BCUT2D eigenvalue weighted by Crippen LogP contribution is -2.37. The largest absolute Gasteiger partial charge is 0.481 e. The van der Waals surface area contributed by atoms with Gasteiger partial charge in [-0.3, -0.25) is 0 Å². The predicted octanol–water partition coefficient (Wildman–Crippen LogP) is 0.236. The summed E-state index contributed by atoms with van der Waals surface area (Å²) < 4.78 is 10.2. The van der Waals surface area contributed by atoms with E-state index in [0.29, 0.717) is 43.6 Å². The Morgan fingerprint density at radius 2 is 2.47 bits per heavy atom. The molecular formula is C11H17N3O3. The Hall–Kier alpha value is -1.53. The number of nitrogen functional groups attached to an aromatic ring is 1. The molecule has 1 atom stereocenters. The Labute approximate surface area is 99.7 Å². The zero-order chi connectivity index (χ0) is 12.3. The first kappa shape index (κ1) is 11.9. The van der Waals surface area contributed by atoms with Gasteiger partial charge >= 0.3 is 0 Å². The molecule has 6 heteroatoms. The van der Waals surface area contributed by atoms with Crippen molar-refractivity contribution in [2.75, 3.05) is 37.9 Å². The molecule has 2 rings (SSSR count). The molecule has 1 aromatic rings. The molecule has 6 nitrogen and oxygen atoms in total. The van der Waals surface area contributed by atoms with Crippen molar-refractivity contribution in [2.45, 2.75) is 12.0 Å². The van der Waals surface area contributed by atoms with Crippen LogP contribution in [0.15, 0.2) is 12.1 Å². The molecule has 4 N–H and O–H groups in total. The van der Waals surface area contributed by atoms with Gasteiger partial charge in [-0.15, -0.1) is 0 Å². The van der Waals surface area contributed by atoms with Crippen molar-refractivity contribution in [3.8, 4) is 5.88 Å². The molecule has 0 radical (unpaired) electrons. The number of anilines is 2. The van der Waals surface area contributed by atoms with Crippen molar-refractivity contribution in [1.82, 2.24) is 4.98 Å². The summed E-state index contributed by atoms with van der Waals surface area (Å²) in [6, 6.07) is 3.40. The van der Waals surface area contributed by atoms with Gasteiger partial charge in [0.15, 0.2) is 5.82 Å². The third kappa shape index (κ3) is 2.78. The van der Waals surface area contributed by atoms with Crippen molar-refractivity contribution < 1.29 is 14.6 Å². The molecule has 1 saturated heterocycles. The number of aliphatic hydroxyl groups is 1. The van der Waals surface area contributed by atoms with Crippen molar-refractivity contribution in [2.24, 2.45) is 0 Å². The van der Waals surface area contributed by atoms with Crippen LogP contribution >= 0.6 is 0 Å². The number of pyridine rings is 1. The van der Waals surface area contributed by atoms with Crippen molar-refractivity contribution in [3.63, 3.8) is 0 Å². The van der Waals surface area contributed by atoms with Crippen LogP contribution < -0.4 is 15.8 Å². The molecule has 0 spiro atoms. The molecule has 1 aliphatic rings. The second kappa shape index (κ2) is 4.77. The fourth-order valence-electron chi connectivity index (χ4n) is 1.69. The molecule has 0 aromatic carbocycles. The highest BCUT2D eigenvalue weighted by Gasteiger charge is 2.32. The number of methoxy groups -OCH3 is 1. The zero-order valence-corrected chi connectivity index (χ0v) is 9.77. The van der Waals surface area contributed by atoms with Crippen LogP contribution in [0.2, 0.25) is 0 Å². The summed E-state index contributed by atoms with van der Waals surface area (Å²) >= 11 is 0. The first-order chi connectivity index (χ1) is 8.13. The van der Waals surface area contributed by atoms with E-state index < -0.39 is 5.60 Å². The lowest BCUT2D eigenvalue weighted by molar-refractivity contribution is 0.0381. The van der Waals surface area contributed by atoms with E-state index >= 15 is 0 Å². The summed E-state index contributed by atoms with van der Waals surface area (Å²) in [6.45, 7) is 1.28. The first-order valence-electron chi connectivity index (χ1n) is 5.47. The van der Waals surface area contributed by atoms with E-state index in [1.54, 1.807) is 19.2 Å². The van der Waals surface area contributed by atoms with Crippen molar-refractivity contribution in [3.05, 3.63) is 12.1 Å². The van der Waals surface area contributed by atoms with Gasteiger partial charge in [0.2, 0.25) is 5.88 Å². The molecule has 2 heterocycles. The average Bonchev–Trinajstić information content (AvgIpc) is 2.76. The molecule has 0 saturated carbocycles. The van der Waals surface area contributed by atoms with Gasteiger partial charge in [-0.25, -0.2) is 0 Å². The second-order valence-corrected chi connectivity index (χ2v) is 4.17. The van der Waals surface area contributed by atoms with Crippen LogP contribution in [0.3, 0.4) is 0 Å². The lowest BCUT2D eigenvalue weighted by atomic mass is 10.0. The predicted molar refractivity (Wildman–Crippen MR) is 64.1 cm³/mol. The molecule has 1 aliphatic heterocycles. The minimum Gasteiger partial charge on any atom is -0.481 e. The summed E-state index contributed by atoms with van der Waals surface area (Å²) in [6.07, 6.45) is 0.615. The molecule has 94 valence electrons. The smallest absolute Gasteiger partial charge is 0.215 e. The van der Waals surface area contributed by atoms with Gasteiger partial charge in [0.25, 0.3) is 0 Å². The monoisotopic (exact) mass is 239 g/mol. The molecular weight excluding hydrogens is 222 g/mol. The SMILES string of the molecule is COc1ccc(N)c(NCC2(O)CCOC2)n1. The summed E-state index contributed by atoms with van der Waals surface area (Å²) in [7, 11) is 1.54. The Bertz CT molecular complexity index is 392. The molecule has 0 bridgehead atoms. The van der Waals surface area contributed by atoms with E-state index in [1.807, 2.05) is 0 Å².